The summed E-state index contributed by atoms with van der Waals surface area (Å²) in [5.41, 5.74) is 4.39. The molecular formula is C13H18F2N4O3. The van der Waals surface area contributed by atoms with Crippen LogP contribution < -0.4 is 16.7 Å². The lowest BCUT2D eigenvalue weighted by Gasteiger charge is -2.20. The maximum absolute atomic E-state index is 14.2. The van der Waals surface area contributed by atoms with E-state index in [0.717, 1.165) is 19.0 Å². The summed E-state index contributed by atoms with van der Waals surface area (Å²) in [4.78, 5) is 15.1. The zero-order chi connectivity index (χ0) is 15.9. The number of aliphatic hydroxyl groups is 1. The number of anilines is 1. The summed E-state index contributed by atoms with van der Waals surface area (Å²) < 4.78 is 34.3. The molecule has 1 aromatic heterocycles. The molecule has 1 aliphatic carbocycles. The maximum Gasteiger partial charge on any atom is 0.351 e. The number of ether oxygens (including phenoxy) is 1. The lowest BCUT2D eigenvalue weighted by atomic mass is 10.1. The molecule has 2 fully saturated rings. The van der Waals surface area contributed by atoms with Crippen molar-refractivity contribution in [3.05, 3.63) is 22.7 Å². The Balaban J connectivity index is 1.74. The van der Waals surface area contributed by atoms with Gasteiger partial charge in [-0.15, -0.1) is 0 Å². The Hall–Kier alpha value is -1.58. The van der Waals surface area contributed by atoms with Crippen LogP contribution in [0.25, 0.3) is 0 Å². The average molecular weight is 316 g/mol. The van der Waals surface area contributed by atoms with E-state index in [1.807, 2.05) is 0 Å². The van der Waals surface area contributed by atoms with Crippen LogP contribution in [0.4, 0.5) is 14.6 Å². The van der Waals surface area contributed by atoms with Gasteiger partial charge >= 0.3 is 11.6 Å². The highest BCUT2D eigenvalue weighted by Crippen LogP contribution is 2.42. The second kappa shape index (κ2) is 5.56. The topological polar surface area (TPSA) is 102 Å². The Bertz CT molecular complexity index is 605. The van der Waals surface area contributed by atoms with Crippen LogP contribution >= 0.6 is 0 Å². The van der Waals surface area contributed by atoms with E-state index >= 15 is 0 Å². The summed E-state index contributed by atoms with van der Waals surface area (Å²) in [5, 5.41) is 12.8. The molecule has 0 bridgehead atoms. The Morgan fingerprint density at radius 1 is 1.50 bits per heavy atom. The van der Waals surface area contributed by atoms with Crippen molar-refractivity contribution in [1.82, 2.24) is 14.9 Å². The molecule has 2 aliphatic rings. The third kappa shape index (κ3) is 2.83. The van der Waals surface area contributed by atoms with Gasteiger partial charge in [0.25, 0.3) is 0 Å². The van der Waals surface area contributed by atoms with E-state index in [9.17, 15) is 18.7 Å². The van der Waals surface area contributed by atoms with Crippen molar-refractivity contribution in [2.75, 3.05) is 18.8 Å². The second-order valence-electron chi connectivity index (χ2n) is 5.79. The van der Waals surface area contributed by atoms with Gasteiger partial charge in [-0.25, -0.2) is 4.79 Å². The smallest absolute Gasteiger partial charge is 0.351 e. The predicted molar refractivity (Wildman–Crippen MR) is 73.4 cm³/mol. The van der Waals surface area contributed by atoms with Gasteiger partial charge in [0.2, 0.25) is 6.23 Å². The molecule has 9 heteroatoms. The van der Waals surface area contributed by atoms with Gasteiger partial charge in [-0.05, 0) is 31.4 Å². The van der Waals surface area contributed by atoms with Crippen molar-refractivity contribution in [2.24, 2.45) is 5.92 Å². The lowest BCUT2D eigenvalue weighted by Crippen LogP contribution is -2.43. The number of aromatic nitrogens is 2. The fourth-order valence-corrected chi connectivity index (χ4v) is 2.49. The molecule has 2 heterocycles. The number of alkyl halides is 2. The zero-order valence-corrected chi connectivity index (χ0v) is 11.8. The molecule has 22 heavy (non-hydrogen) atoms. The molecule has 1 aliphatic heterocycles. The SMILES string of the molecule is Nc1ccn([C@@H]2O[C@H](CNCC3CC3)[C@@H](O)C2(F)F)c(=O)n1. The van der Waals surface area contributed by atoms with Gasteiger partial charge in [0, 0.05) is 12.7 Å². The Morgan fingerprint density at radius 3 is 2.86 bits per heavy atom. The molecule has 122 valence electrons. The van der Waals surface area contributed by atoms with E-state index in [1.54, 1.807) is 0 Å². The molecule has 7 nitrogen and oxygen atoms in total. The van der Waals surface area contributed by atoms with Crippen molar-refractivity contribution in [2.45, 2.75) is 37.2 Å². The molecular weight excluding hydrogens is 298 g/mol. The highest BCUT2D eigenvalue weighted by molar-refractivity contribution is 5.23. The Kier molecular flexibility index (Phi) is 3.87. The summed E-state index contributed by atoms with van der Waals surface area (Å²) in [6.45, 7) is 0.813. The van der Waals surface area contributed by atoms with Crippen molar-refractivity contribution in [3.63, 3.8) is 0 Å². The van der Waals surface area contributed by atoms with Crippen LogP contribution in [-0.2, 0) is 4.74 Å². The monoisotopic (exact) mass is 316 g/mol. The summed E-state index contributed by atoms with van der Waals surface area (Å²) >= 11 is 0. The van der Waals surface area contributed by atoms with Crippen LogP contribution in [0, 0.1) is 5.92 Å². The van der Waals surface area contributed by atoms with Gasteiger partial charge in [-0.3, -0.25) is 4.57 Å². The first-order chi connectivity index (χ1) is 10.4. The first-order valence-electron chi connectivity index (χ1n) is 7.16. The van der Waals surface area contributed by atoms with Crippen molar-refractivity contribution in [1.29, 1.82) is 0 Å². The molecule has 0 unspecified atom stereocenters. The molecule has 0 radical (unpaired) electrons. The number of hydrogen-bond donors (Lipinski definition) is 3. The molecule has 0 amide bonds. The molecule has 0 aromatic carbocycles. The van der Waals surface area contributed by atoms with Gasteiger partial charge in [-0.2, -0.15) is 13.8 Å². The normalized spacial score (nSPS) is 30.6. The highest BCUT2D eigenvalue weighted by Gasteiger charge is 2.59. The van der Waals surface area contributed by atoms with E-state index in [-0.39, 0.29) is 12.4 Å². The van der Waals surface area contributed by atoms with Crippen LogP contribution in [0.15, 0.2) is 17.1 Å². The quantitative estimate of drug-likeness (QED) is 0.690. The number of aliphatic hydroxyl groups excluding tert-OH is 1. The van der Waals surface area contributed by atoms with Gasteiger partial charge in [-0.1, -0.05) is 0 Å². The number of nitrogens with two attached hydrogens (primary N) is 1. The summed E-state index contributed by atoms with van der Waals surface area (Å²) in [7, 11) is 0. The van der Waals surface area contributed by atoms with Crippen molar-refractivity contribution < 1.29 is 18.6 Å². The molecule has 3 atom stereocenters. The molecule has 1 aromatic rings. The number of nitrogens with one attached hydrogen (secondary N) is 1. The first-order valence-corrected chi connectivity index (χ1v) is 7.16. The zero-order valence-electron chi connectivity index (χ0n) is 11.8. The molecule has 3 rings (SSSR count). The van der Waals surface area contributed by atoms with E-state index in [2.05, 4.69) is 10.3 Å². The summed E-state index contributed by atoms with van der Waals surface area (Å²) in [6.07, 6.45) is -1.62. The number of rotatable bonds is 5. The van der Waals surface area contributed by atoms with Crippen molar-refractivity contribution >= 4 is 5.82 Å². The number of nitrogens with zero attached hydrogens (tertiary/aromatic N) is 2. The second-order valence-corrected chi connectivity index (χ2v) is 5.79. The minimum atomic E-state index is -3.59. The van der Waals surface area contributed by atoms with Crippen LogP contribution in [0.1, 0.15) is 19.1 Å². The minimum Gasteiger partial charge on any atom is -0.384 e. The largest absolute Gasteiger partial charge is 0.384 e. The minimum absolute atomic E-state index is 0.0641. The van der Waals surface area contributed by atoms with E-state index < -0.39 is 30.0 Å². The Morgan fingerprint density at radius 2 is 2.23 bits per heavy atom. The fourth-order valence-electron chi connectivity index (χ4n) is 2.49. The van der Waals surface area contributed by atoms with Gasteiger partial charge in [0.15, 0.2) is 0 Å². The van der Waals surface area contributed by atoms with Gasteiger partial charge in [0.1, 0.15) is 18.0 Å². The van der Waals surface area contributed by atoms with Crippen LogP contribution in [0.2, 0.25) is 0 Å². The van der Waals surface area contributed by atoms with Crippen LogP contribution in [0.3, 0.4) is 0 Å². The van der Waals surface area contributed by atoms with Crippen LogP contribution in [-0.4, -0.2) is 45.9 Å². The van der Waals surface area contributed by atoms with Gasteiger partial charge in [0.05, 0.1) is 0 Å². The summed E-state index contributed by atoms with van der Waals surface area (Å²) in [6, 6.07) is 1.23. The number of halogens is 2. The molecule has 0 spiro atoms. The number of nitrogen functional groups attached to an aromatic ring is 1. The van der Waals surface area contributed by atoms with Crippen molar-refractivity contribution in [3.8, 4) is 0 Å². The highest BCUT2D eigenvalue weighted by atomic mass is 19.3. The maximum atomic E-state index is 14.2. The first kappa shape index (κ1) is 15.3. The lowest BCUT2D eigenvalue weighted by molar-refractivity contribution is -0.140. The molecule has 1 saturated heterocycles. The van der Waals surface area contributed by atoms with E-state index in [0.29, 0.717) is 17.0 Å². The summed E-state index contributed by atoms with van der Waals surface area (Å²) in [5.74, 6) is -3.07. The average Bonchev–Trinajstić information content (AvgIpc) is 3.23. The Labute approximate surface area is 125 Å². The van der Waals surface area contributed by atoms with E-state index in [1.165, 1.54) is 6.07 Å². The molecule has 4 N–H and O–H groups in total. The standard InChI is InChI=1S/C13H18F2N4O3/c14-13(15)10(20)8(6-17-5-7-1-2-7)22-11(13)19-4-3-9(16)18-12(19)21/h3-4,7-8,10-11,17,20H,1-2,5-6H2,(H2,16,18,21)/t8-,10-,11-/m1/s1. The third-order valence-electron chi connectivity index (χ3n) is 3.96. The predicted octanol–water partition coefficient (Wildman–Crippen LogP) is -0.281. The van der Waals surface area contributed by atoms with Crippen LogP contribution in [0.5, 0.6) is 0 Å². The third-order valence-corrected chi connectivity index (χ3v) is 3.96. The van der Waals surface area contributed by atoms with E-state index in [4.69, 9.17) is 10.5 Å². The van der Waals surface area contributed by atoms with Gasteiger partial charge < -0.3 is 20.9 Å². The molecule has 1 saturated carbocycles. The fraction of sp³-hybridized carbons (Fsp3) is 0.692. The number of hydrogen-bond acceptors (Lipinski definition) is 6.